The monoisotopic (exact) mass is 380 g/mol. The first-order valence-corrected chi connectivity index (χ1v) is 9.46. The number of rotatable bonds is 4. The van der Waals surface area contributed by atoms with Gasteiger partial charge in [0.15, 0.2) is 0 Å². The van der Waals surface area contributed by atoms with Crippen molar-refractivity contribution in [3.05, 3.63) is 14.7 Å². The Morgan fingerprint density at radius 2 is 2.00 bits per heavy atom. The number of carbonyl (C=O) groups excluding carboxylic acids is 1. The molecule has 1 amide bonds. The highest BCUT2D eigenvalue weighted by Crippen LogP contribution is 2.31. The molecule has 0 atom stereocenters. The van der Waals surface area contributed by atoms with Crippen LogP contribution >= 0.6 is 27.3 Å². The lowest BCUT2D eigenvalue weighted by molar-refractivity contribution is -0.122. The third kappa shape index (κ3) is 3.60. The first-order valence-electron chi connectivity index (χ1n) is 6.37. The minimum Gasteiger partial charge on any atom is -0.369 e. The molecule has 1 heterocycles. The van der Waals surface area contributed by atoms with Gasteiger partial charge in [0, 0.05) is 16.8 Å². The van der Waals surface area contributed by atoms with Crippen LogP contribution in [0.5, 0.6) is 0 Å². The molecule has 0 aromatic carbocycles. The highest BCUT2D eigenvalue weighted by Gasteiger charge is 2.29. The van der Waals surface area contributed by atoms with Crippen molar-refractivity contribution in [1.29, 1.82) is 0 Å². The summed E-state index contributed by atoms with van der Waals surface area (Å²) in [6, 6.07) is 1.51. The zero-order valence-electron chi connectivity index (χ0n) is 11.1. The van der Waals surface area contributed by atoms with Crippen molar-refractivity contribution in [1.82, 2.24) is 4.72 Å². The van der Waals surface area contributed by atoms with Gasteiger partial charge >= 0.3 is 0 Å². The van der Waals surface area contributed by atoms with Gasteiger partial charge in [-0.15, -0.1) is 11.3 Å². The van der Waals surface area contributed by atoms with Crippen molar-refractivity contribution in [3.63, 3.8) is 0 Å². The molecule has 0 unspecified atom stereocenters. The van der Waals surface area contributed by atoms with E-state index in [9.17, 15) is 13.2 Å². The number of thiophene rings is 1. The highest BCUT2D eigenvalue weighted by atomic mass is 79.9. The maximum absolute atomic E-state index is 12.3. The summed E-state index contributed by atoms with van der Waals surface area (Å²) in [6.45, 7) is 1.79. The van der Waals surface area contributed by atoms with Crippen molar-refractivity contribution < 1.29 is 13.2 Å². The van der Waals surface area contributed by atoms with Gasteiger partial charge in [-0.1, -0.05) is 0 Å². The number of nitrogens with one attached hydrogen (secondary N) is 1. The standard InChI is InChI=1S/C12H17BrN2O3S2/c1-7-10(6-11(13)19-7)20(17,18)15-9-4-2-8(3-5-9)12(14)16/h6,8-9,15H,2-5H2,1H3,(H2,14,16). The summed E-state index contributed by atoms with van der Waals surface area (Å²) in [5, 5.41) is 0. The van der Waals surface area contributed by atoms with Crippen molar-refractivity contribution >= 4 is 43.2 Å². The van der Waals surface area contributed by atoms with Gasteiger partial charge in [-0.3, -0.25) is 4.79 Å². The smallest absolute Gasteiger partial charge is 0.241 e. The number of halogens is 1. The van der Waals surface area contributed by atoms with E-state index in [2.05, 4.69) is 20.7 Å². The van der Waals surface area contributed by atoms with E-state index in [1.54, 1.807) is 13.0 Å². The van der Waals surface area contributed by atoms with Crippen LogP contribution in [0, 0.1) is 12.8 Å². The van der Waals surface area contributed by atoms with Crippen LogP contribution in [0.1, 0.15) is 30.6 Å². The Kier molecular flexibility index (Phi) is 4.88. The summed E-state index contributed by atoms with van der Waals surface area (Å²) >= 11 is 4.70. The Morgan fingerprint density at radius 1 is 1.40 bits per heavy atom. The van der Waals surface area contributed by atoms with Crippen LogP contribution in [0.2, 0.25) is 0 Å². The highest BCUT2D eigenvalue weighted by molar-refractivity contribution is 9.11. The van der Waals surface area contributed by atoms with E-state index in [-0.39, 0.29) is 17.9 Å². The Balaban J connectivity index is 2.03. The molecule has 2 rings (SSSR count). The number of hydrogen-bond acceptors (Lipinski definition) is 4. The van der Waals surface area contributed by atoms with Gasteiger partial charge in [0.1, 0.15) is 0 Å². The molecule has 5 nitrogen and oxygen atoms in total. The fourth-order valence-electron chi connectivity index (χ4n) is 2.48. The number of amides is 1. The number of carbonyl (C=O) groups is 1. The topological polar surface area (TPSA) is 89.3 Å². The van der Waals surface area contributed by atoms with Crippen molar-refractivity contribution in [3.8, 4) is 0 Å². The van der Waals surface area contributed by atoms with Crippen LogP contribution in [0.25, 0.3) is 0 Å². The minimum absolute atomic E-state index is 0.117. The van der Waals surface area contributed by atoms with Crippen molar-refractivity contribution in [2.24, 2.45) is 11.7 Å². The summed E-state index contributed by atoms with van der Waals surface area (Å²) in [5.74, 6) is -0.406. The summed E-state index contributed by atoms with van der Waals surface area (Å²) in [6.07, 6.45) is 2.60. The fraction of sp³-hybridized carbons (Fsp3) is 0.583. The van der Waals surface area contributed by atoms with Crippen LogP contribution in [0.15, 0.2) is 14.7 Å². The quantitative estimate of drug-likeness (QED) is 0.838. The summed E-state index contributed by atoms with van der Waals surface area (Å²) in [4.78, 5) is 12.2. The Hall–Kier alpha value is -0.440. The van der Waals surface area contributed by atoms with Gasteiger partial charge in [0.05, 0.1) is 8.68 Å². The molecule has 1 saturated carbocycles. The van der Waals surface area contributed by atoms with Gasteiger partial charge in [-0.05, 0) is 54.6 Å². The second kappa shape index (κ2) is 6.13. The van der Waals surface area contributed by atoms with Crippen LogP contribution < -0.4 is 10.5 Å². The molecule has 0 bridgehead atoms. The normalized spacial score (nSPS) is 23.7. The molecule has 0 spiro atoms. The number of sulfonamides is 1. The van der Waals surface area contributed by atoms with Crippen LogP contribution in [0.3, 0.4) is 0 Å². The van der Waals surface area contributed by atoms with E-state index in [1.165, 1.54) is 11.3 Å². The van der Waals surface area contributed by atoms with Crippen molar-refractivity contribution in [2.75, 3.05) is 0 Å². The molecule has 20 heavy (non-hydrogen) atoms. The molecule has 8 heteroatoms. The second-order valence-corrected chi connectivity index (χ2v) is 9.36. The van der Waals surface area contributed by atoms with Gasteiger partial charge in [-0.25, -0.2) is 13.1 Å². The Bertz CT molecular complexity index is 604. The van der Waals surface area contributed by atoms with E-state index in [4.69, 9.17) is 5.73 Å². The second-order valence-electron chi connectivity index (χ2n) is 5.04. The lowest BCUT2D eigenvalue weighted by Gasteiger charge is -2.27. The fourth-order valence-corrected chi connectivity index (χ4v) is 6.20. The van der Waals surface area contributed by atoms with Crippen LogP contribution in [-0.4, -0.2) is 20.4 Å². The molecule has 1 fully saturated rings. The van der Waals surface area contributed by atoms with Crippen LogP contribution in [0.4, 0.5) is 0 Å². The summed E-state index contributed by atoms with van der Waals surface area (Å²) in [7, 11) is -3.49. The average molecular weight is 381 g/mol. The maximum Gasteiger partial charge on any atom is 0.241 e. The maximum atomic E-state index is 12.3. The lowest BCUT2D eigenvalue weighted by Crippen LogP contribution is -2.39. The molecule has 1 aliphatic rings. The van der Waals surface area contributed by atoms with Gasteiger partial charge in [0.2, 0.25) is 15.9 Å². The SMILES string of the molecule is Cc1sc(Br)cc1S(=O)(=O)NC1CCC(C(N)=O)CC1. The van der Waals surface area contributed by atoms with Gasteiger partial charge < -0.3 is 5.73 Å². The van der Waals surface area contributed by atoms with Gasteiger partial charge in [0.25, 0.3) is 0 Å². The third-order valence-corrected chi connectivity index (χ3v) is 6.91. The Morgan fingerprint density at radius 3 is 2.45 bits per heavy atom. The number of aryl methyl sites for hydroxylation is 1. The minimum atomic E-state index is -3.49. The third-order valence-electron chi connectivity index (χ3n) is 3.58. The largest absolute Gasteiger partial charge is 0.369 e. The molecule has 0 aliphatic heterocycles. The average Bonchev–Trinajstić information content (AvgIpc) is 2.69. The van der Waals surface area contributed by atoms with E-state index in [0.29, 0.717) is 30.6 Å². The molecule has 1 aliphatic carbocycles. The zero-order valence-corrected chi connectivity index (χ0v) is 14.3. The van der Waals surface area contributed by atoms with Crippen LogP contribution in [-0.2, 0) is 14.8 Å². The first-order chi connectivity index (χ1) is 9.29. The molecule has 3 N–H and O–H groups in total. The summed E-state index contributed by atoms with van der Waals surface area (Å²) in [5.41, 5.74) is 5.27. The molecule has 0 radical (unpaired) electrons. The number of primary amides is 1. The predicted molar refractivity (Wildman–Crippen MR) is 82.0 cm³/mol. The van der Waals surface area contributed by atoms with Crippen molar-refractivity contribution in [2.45, 2.75) is 43.5 Å². The molecular formula is C12H17BrN2O3S2. The number of nitrogens with two attached hydrogens (primary N) is 1. The molecule has 1 aromatic rings. The number of hydrogen-bond donors (Lipinski definition) is 2. The molecule has 0 saturated heterocycles. The Labute approximate surface area is 131 Å². The lowest BCUT2D eigenvalue weighted by atomic mass is 9.86. The zero-order chi connectivity index (χ0) is 14.9. The van der Waals surface area contributed by atoms with E-state index < -0.39 is 10.0 Å². The summed E-state index contributed by atoms with van der Waals surface area (Å²) < 4.78 is 28.2. The van der Waals surface area contributed by atoms with E-state index in [1.807, 2.05) is 0 Å². The van der Waals surface area contributed by atoms with E-state index >= 15 is 0 Å². The molecule has 1 aromatic heterocycles. The molecular weight excluding hydrogens is 364 g/mol. The molecule has 112 valence electrons. The van der Waals surface area contributed by atoms with Gasteiger partial charge in [-0.2, -0.15) is 0 Å². The van der Waals surface area contributed by atoms with E-state index in [0.717, 1.165) is 8.66 Å². The first kappa shape index (κ1) is 15.9. The predicted octanol–water partition coefficient (Wildman–Crippen LogP) is 2.14.